The molecular weight excluding hydrogens is 291 g/mol. The molecule has 2 rings (SSSR count). The van der Waals surface area contributed by atoms with Gasteiger partial charge in [-0.1, -0.05) is 0 Å². The van der Waals surface area contributed by atoms with Crippen LogP contribution in [0, 0.1) is 5.82 Å². The van der Waals surface area contributed by atoms with Gasteiger partial charge in [0.1, 0.15) is 5.82 Å². The van der Waals surface area contributed by atoms with Crippen LogP contribution in [0.4, 0.5) is 4.39 Å². The molecule has 114 valence electrons. The lowest BCUT2D eigenvalue weighted by Crippen LogP contribution is -2.38. The number of H-pyrrole nitrogens is 1. The van der Waals surface area contributed by atoms with E-state index in [9.17, 15) is 9.18 Å². The first-order chi connectivity index (χ1) is 10.1. The number of benzene rings is 1. The fourth-order valence-corrected chi connectivity index (χ4v) is 2.96. The number of amides is 1. The molecule has 21 heavy (non-hydrogen) atoms. The Labute approximate surface area is 127 Å². The summed E-state index contributed by atoms with van der Waals surface area (Å²) >= 11 is 1.62. The maximum atomic E-state index is 13.3. The molecule has 0 aliphatic carbocycles. The lowest BCUT2D eigenvalue weighted by molar-refractivity contribution is -0.121. The van der Waals surface area contributed by atoms with E-state index in [1.54, 1.807) is 24.0 Å². The highest BCUT2D eigenvalue weighted by Crippen LogP contribution is 2.19. The maximum Gasteiger partial charge on any atom is 0.224 e. The van der Waals surface area contributed by atoms with Gasteiger partial charge >= 0.3 is 0 Å². The van der Waals surface area contributed by atoms with Gasteiger partial charge in [-0.2, -0.15) is 11.8 Å². The van der Waals surface area contributed by atoms with Gasteiger partial charge in [-0.3, -0.25) is 4.79 Å². The molecule has 0 aliphatic heterocycles. The van der Waals surface area contributed by atoms with Gasteiger partial charge in [-0.05, 0) is 36.4 Å². The Morgan fingerprint density at radius 2 is 2.33 bits per heavy atom. The average Bonchev–Trinajstić information content (AvgIpc) is 2.82. The third-order valence-electron chi connectivity index (χ3n) is 3.29. The van der Waals surface area contributed by atoms with Gasteiger partial charge in [0.25, 0.3) is 0 Å². The van der Waals surface area contributed by atoms with E-state index in [0.717, 1.165) is 22.2 Å². The molecule has 1 aromatic heterocycles. The highest BCUT2D eigenvalue weighted by molar-refractivity contribution is 7.98. The zero-order valence-electron chi connectivity index (χ0n) is 11.9. The normalized spacial score (nSPS) is 12.5. The number of halogens is 1. The van der Waals surface area contributed by atoms with E-state index in [1.165, 1.54) is 12.1 Å². The maximum absolute atomic E-state index is 13.3. The van der Waals surface area contributed by atoms with Crippen molar-refractivity contribution in [1.29, 1.82) is 0 Å². The lowest BCUT2D eigenvalue weighted by Gasteiger charge is -2.16. The first-order valence-electron chi connectivity index (χ1n) is 6.78. The van der Waals surface area contributed by atoms with Gasteiger partial charge in [0.15, 0.2) is 0 Å². The molecule has 0 fully saturated rings. The molecular formula is C15H19FN2O2S. The number of aromatic amines is 1. The molecule has 1 atom stereocenters. The lowest BCUT2D eigenvalue weighted by atomic mass is 10.1. The van der Waals surface area contributed by atoms with Gasteiger partial charge < -0.3 is 15.4 Å². The van der Waals surface area contributed by atoms with Gasteiger partial charge in [-0.25, -0.2) is 4.39 Å². The summed E-state index contributed by atoms with van der Waals surface area (Å²) in [5.74, 6) is 0.325. The summed E-state index contributed by atoms with van der Waals surface area (Å²) in [6.07, 6.45) is 4.42. The van der Waals surface area contributed by atoms with E-state index in [1.807, 2.05) is 6.26 Å². The van der Waals surface area contributed by atoms with E-state index in [0.29, 0.717) is 6.42 Å². The van der Waals surface area contributed by atoms with Crippen LogP contribution in [0.3, 0.4) is 0 Å². The third-order valence-corrected chi connectivity index (χ3v) is 4.03. The molecule has 3 N–H and O–H groups in total. The minimum atomic E-state index is -0.315. The number of aliphatic hydroxyl groups is 1. The smallest absolute Gasteiger partial charge is 0.224 e. The molecule has 2 aromatic rings. The second-order valence-corrected chi connectivity index (χ2v) is 5.82. The fourth-order valence-electron chi connectivity index (χ4n) is 2.30. The Bertz CT molecular complexity index is 609. The molecule has 0 spiro atoms. The minimum Gasteiger partial charge on any atom is -0.396 e. The first kappa shape index (κ1) is 15.9. The largest absolute Gasteiger partial charge is 0.396 e. The van der Waals surface area contributed by atoms with Gasteiger partial charge in [0, 0.05) is 35.5 Å². The van der Waals surface area contributed by atoms with Crippen LogP contribution in [-0.4, -0.2) is 40.7 Å². The molecule has 1 unspecified atom stereocenters. The quantitative estimate of drug-likeness (QED) is 0.733. The van der Waals surface area contributed by atoms with Crippen molar-refractivity contribution in [3.8, 4) is 0 Å². The minimum absolute atomic E-state index is 0.0422. The standard InChI is InChI=1S/C15H19FN2O2S/c1-21-9-12(4-5-19)18-15(20)6-10-8-17-14-3-2-11(16)7-13(10)14/h2-3,7-8,12,17,19H,4-6,9H2,1H3,(H,18,20). The number of hydrogen-bond acceptors (Lipinski definition) is 3. The molecule has 1 aromatic carbocycles. The molecule has 0 radical (unpaired) electrons. The number of fused-ring (bicyclic) bond motifs is 1. The van der Waals surface area contributed by atoms with Crippen LogP contribution in [0.1, 0.15) is 12.0 Å². The van der Waals surface area contributed by atoms with Crippen molar-refractivity contribution in [3.05, 3.63) is 35.8 Å². The topological polar surface area (TPSA) is 65.1 Å². The van der Waals surface area contributed by atoms with Gasteiger partial charge in [0.2, 0.25) is 5.91 Å². The predicted molar refractivity (Wildman–Crippen MR) is 84.0 cm³/mol. The highest BCUT2D eigenvalue weighted by atomic mass is 32.2. The van der Waals surface area contributed by atoms with Crippen LogP contribution < -0.4 is 5.32 Å². The van der Waals surface area contributed by atoms with Crippen molar-refractivity contribution < 1.29 is 14.3 Å². The number of carbonyl (C=O) groups is 1. The molecule has 6 heteroatoms. The predicted octanol–water partition coefficient (Wildman–Crippen LogP) is 2.08. The van der Waals surface area contributed by atoms with Crippen molar-refractivity contribution in [2.75, 3.05) is 18.6 Å². The van der Waals surface area contributed by atoms with Crippen LogP contribution in [0.5, 0.6) is 0 Å². The number of aliphatic hydroxyl groups excluding tert-OH is 1. The Balaban J connectivity index is 2.05. The van der Waals surface area contributed by atoms with Crippen LogP contribution in [0.2, 0.25) is 0 Å². The van der Waals surface area contributed by atoms with E-state index in [4.69, 9.17) is 5.11 Å². The van der Waals surface area contributed by atoms with Crippen molar-refractivity contribution >= 4 is 28.6 Å². The Kier molecular flexibility index (Phi) is 5.64. The number of thioether (sulfide) groups is 1. The number of hydrogen-bond donors (Lipinski definition) is 3. The van der Waals surface area contributed by atoms with E-state index in [2.05, 4.69) is 10.3 Å². The molecule has 4 nitrogen and oxygen atoms in total. The Morgan fingerprint density at radius 1 is 1.52 bits per heavy atom. The fraction of sp³-hybridized carbons (Fsp3) is 0.400. The number of nitrogens with one attached hydrogen (secondary N) is 2. The van der Waals surface area contributed by atoms with Crippen molar-refractivity contribution in [3.63, 3.8) is 0 Å². The molecule has 0 aliphatic rings. The summed E-state index contributed by atoms with van der Waals surface area (Å²) in [6.45, 7) is 0.0454. The highest BCUT2D eigenvalue weighted by Gasteiger charge is 2.14. The van der Waals surface area contributed by atoms with Gasteiger partial charge in [-0.15, -0.1) is 0 Å². The molecule has 0 saturated carbocycles. The summed E-state index contributed by atoms with van der Waals surface area (Å²) in [4.78, 5) is 15.1. The van der Waals surface area contributed by atoms with Crippen molar-refractivity contribution in [1.82, 2.24) is 10.3 Å². The molecule has 0 bridgehead atoms. The van der Waals surface area contributed by atoms with Gasteiger partial charge in [0.05, 0.1) is 6.42 Å². The number of carbonyl (C=O) groups excluding carboxylic acids is 1. The van der Waals surface area contributed by atoms with Crippen LogP contribution in [-0.2, 0) is 11.2 Å². The Hall–Kier alpha value is -1.53. The third kappa shape index (κ3) is 4.22. The van der Waals surface area contributed by atoms with Crippen molar-refractivity contribution in [2.24, 2.45) is 0 Å². The van der Waals surface area contributed by atoms with Crippen LogP contribution in [0.15, 0.2) is 24.4 Å². The monoisotopic (exact) mass is 310 g/mol. The summed E-state index contributed by atoms with van der Waals surface area (Å²) in [7, 11) is 0. The number of rotatable bonds is 7. The average molecular weight is 310 g/mol. The van der Waals surface area contributed by atoms with E-state index in [-0.39, 0.29) is 30.8 Å². The number of aromatic nitrogens is 1. The molecule has 1 amide bonds. The van der Waals surface area contributed by atoms with Crippen LogP contribution in [0.25, 0.3) is 10.9 Å². The molecule has 0 saturated heterocycles. The summed E-state index contributed by atoms with van der Waals surface area (Å²) in [5.41, 5.74) is 1.59. The summed E-state index contributed by atoms with van der Waals surface area (Å²) in [6, 6.07) is 4.44. The zero-order valence-corrected chi connectivity index (χ0v) is 12.7. The van der Waals surface area contributed by atoms with E-state index >= 15 is 0 Å². The zero-order chi connectivity index (χ0) is 15.2. The first-order valence-corrected chi connectivity index (χ1v) is 8.18. The van der Waals surface area contributed by atoms with Crippen LogP contribution >= 0.6 is 11.8 Å². The second-order valence-electron chi connectivity index (χ2n) is 4.91. The molecule has 1 heterocycles. The SMILES string of the molecule is CSCC(CCO)NC(=O)Cc1c[nH]c2ccc(F)cc12. The van der Waals surface area contributed by atoms with E-state index < -0.39 is 0 Å². The summed E-state index contributed by atoms with van der Waals surface area (Å²) < 4.78 is 13.3. The Morgan fingerprint density at radius 3 is 3.05 bits per heavy atom. The van der Waals surface area contributed by atoms with Crippen molar-refractivity contribution in [2.45, 2.75) is 18.9 Å². The second kappa shape index (κ2) is 7.47. The summed E-state index contributed by atoms with van der Waals surface area (Å²) in [5, 5.41) is 12.6.